The summed E-state index contributed by atoms with van der Waals surface area (Å²) in [5.41, 5.74) is 2.15. The van der Waals surface area contributed by atoms with Crippen molar-refractivity contribution in [2.75, 3.05) is 13.2 Å². The van der Waals surface area contributed by atoms with E-state index in [0.717, 1.165) is 10.9 Å². The minimum absolute atomic E-state index is 0.163. The highest BCUT2D eigenvalue weighted by Gasteiger charge is 2.61. The summed E-state index contributed by atoms with van der Waals surface area (Å²) in [5, 5.41) is -2.87. The van der Waals surface area contributed by atoms with Gasteiger partial charge in [-0.15, -0.1) is 0 Å². The quantitative estimate of drug-likeness (QED) is 0.0956. The second kappa shape index (κ2) is 14.1. The molecule has 6 rings (SSSR count). The molecule has 0 aliphatic rings. The van der Waals surface area contributed by atoms with Gasteiger partial charge in [-0.05, 0) is 46.0 Å². The van der Waals surface area contributed by atoms with Crippen molar-refractivity contribution in [3.8, 4) is 0 Å². The van der Waals surface area contributed by atoms with E-state index in [2.05, 4.69) is 0 Å². The van der Waals surface area contributed by atoms with E-state index in [1.165, 1.54) is 0 Å². The first kappa shape index (κ1) is 33.7. The molecule has 6 aromatic carbocycles. The average Bonchev–Trinajstić information content (AvgIpc) is 3.13. The van der Waals surface area contributed by atoms with Gasteiger partial charge >= 0.3 is 11.2 Å². The molecule has 0 spiro atoms. The van der Waals surface area contributed by atoms with Crippen molar-refractivity contribution in [1.82, 2.24) is 0 Å². The summed E-state index contributed by atoms with van der Waals surface area (Å²) in [5.74, 6) is -0.667. The average molecular weight is 677 g/mol. The van der Waals surface area contributed by atoms with E-state index >= 15 is 8.78 Å². The predicted molar refractivity (Wildman–Crippen MR) is 187 cm³/mol. The fourth-order valence-corrected chi connectivity index (χ4v) is 8.17. The molecule has 0 heterocycles. The van der Waals surface area contributed by atoms with Gasteiger partial charge in [0.1, 0.15) is 6.61 Å². The van der Waals surface area contributed by atoms with Crippen LogP contribution in [0.5, 0.6) is 0 Å². The Morgan fingerprint density at radius 3 is 1.78 bits per heavy atom. The number of hydrogen-bond donors (Lipinski definition) is 0. The molecule has 0 aliphatic carbocycles. The maximum atomic E-state index is 16.6. The smallest absolute Gasteiger partial charge is 0.369 e. The van der Waals surface area contributed by atoms with Gasteiger partial charge in [-0.3, -0.25) is 0 Å². The zero-order valence-corrected chi connectivity index (χ0v) is 27.5. The number of esters is 1. The second-order valence-electron chi connectivity index (χ2n) is 11.8. The molecule has 49 heavy (non-hydrogen) atoms. The lowest BCUT2D eigenvalue weighted by Crippen LogP contribution is -2.49. The van der Waals surface area contributed by atoms with Crippen LogP contribution in [0, 0.1) is 6.92 Å². The van der Waals surface area contributed by atoms with Gasteiger partial charge in [-0.25, -0.2) is 13.2 Å². The SMILES string of the molecule is Cc1ccc(C(c2ccccc2)(c2ccccc2)S(=O)(=O)C(F)(F)COCC(OC(=O)c2cccc3ccccc23)c2ccccc2)cc1. The Kier molecular flexibility index (Phi) is 9.72. The van der Waals surface area contributed by atoms with E-state index < -0.39 is 45.1 Å². The molecule has 1 atom stereocenters. The number of alkyl halides is 2. The Balaban J connectivity index is 1.34. The molecule has 0 saturated carbocycles. The summed E-state index contributed by atoms with van der Waals surface area (Å²) in [7, 11) is -5.45. The van der Waals surface area contributed by atoms with E-state index in [1.807, 2.05) is 25.1 Å². The summed E-state index contributed by atoms with van der Waals surface area (Å²) >= 11 is 0. The standard InChI is InChI=1S/C41H34F2O5S/c1-30-24-26-35(27-25-30)41(33-18-7-3-8-19-33,34-20-9-4-10-21-34)49(45,46)40(42,43)29-47-28-38(32-15-5-2-6-16-32)48-39(44)37-23-13-17-31-14-11-12-22-36(31)37/h2-27,38H,28-29H2,1H3. The van der Waals surface area contributed by atoms with Crippen LogP contribution in [0.25, 0.3) is 10.8 Å². The number of hydrogen-bond acceptors (Lipinski definition) is 5. The number of fused-ring (bicyclic) bond motifs is 1. The third-order valence-corrected chi connectivity index (χ3v) is 11.0. The van der Waals surface area contributed by atoms with Crippen LogP contribution >= 0.6 is 0 Å². The number of aryl methyl sites for hydroxylation is 1. The lowest BCUT2D eigenvalue weighted by Gasteiger charge is -2.38. The first-order valence-electron chi connectivity index (χ1n) is 15.8. The van der Waals surface area contributed by atoms with E-state index in [4.69, 9.17) is 9.47 Å². The number of rotatable bonds is 12. The van der Waals surface area contributed by atoms with Crippen molar-refractivity contribution in [2.24, 2.45) is 0 Å². The maximum absolute atomic E-state index is 16.6. The molecular weight excluding hydrogens is 643 g/mol. The fourth-order valence-electron chi connectivity index (χ4n) is 6.15. The van der Waals surface area contributed by atoms with Gasteiger partial charge in [-0.1, -0.05) is 157 Å². The maximum Gasteiger partial charge on any atom is 0.369 e. The minimum Gasteiger partial charge on any atom is -0.451 e. The lowest BCUT2D eigenvalue weighted by atomic mass is 9.84. The normalized spacial score (nSPS) is 12.8. The van der Waals surface area contributed by atoms with E-state index in [0.29, 0.717) is 16.5 Å². The fraction of sp³-hybridized carbons (Fsp3) is 0.146. The number of halogens is 2. The van der Waals surface area contributed by atoms with Gasteiger partial charge in [0.25, 0.3) is 0 Å². The van der Waals surface area contributed by atoms with Crippen molar-refractivity contribution in [3.63, 3.8) is 0 Å². The molecular formula is C41H34F2O5S. The van der Waals surface area contributed by atoms with Crippen molar-refractivity contribution >= 4 is 26.6 Å². The number of benzene rings is 6. The first-order valence-corrected chi connectivity index (χ1v) is 17.2. The monoisotopic (exact) mass is 676 g/mol. The Morgan fingerprint density at radius 2 is 1.16 bits per heavy atom. The summed E-state index contributed by atoms with van der Waals surface area (Å²) in [6.07, 6.45) is -1.10. The van der Waals surface area contributed by atoms with Gasteiger partial charge in [0.15, 0.2) is 10.9 Å². The van der Waals surface area contributed by atoms with Crippen molar-refractivity contribution in [1.29, 1.82) is 0 Å². The number of sulfone groups is 1. The molecule has 0 fully saturated rings. The highest BCUT2D eigenvalue weighted by Crippen LogP contribution is 2.49. The Hall–Kier alpha value is -5.18. The summed E-state index contributed by atoms with van der Waals surface area (Å²) < 4.78 is 71.6. The Morgan fingerprint density at radius 1 is 0.653 bits per heavy atom. The van der Waals surface area contributed by atoms with Gasteiger partial charge < -0.3 is 9.47 Å². The molecule has 8 heteroatoms. The molecule has 6 aromatic rings. The molecule has 1 unspecified atom stereocenters. The molecule has 5 nitrogen and oxygen atoms in total. The minimum atomic E-state index is -5.45. The van der Waals surface area contributed by atoms with Gasteiger partial charge in [0.05, 0.1) is 12.2 Å². The van der Waals surface area contributed by atoms with Crippen LogP contribution in [-0.4, -0.2) is 32.9 Å². The van der Waals surface area contributed by atoms with E-state index in [1.54, 1.807) is 140 Å². The van der Waals surface area contributed by atoms with Crippen LogP contribution in [-0.2, 0) is 24.1 Å². The van der Waals surface area contributed by atoms with Gasteiger partial charge in [0, 0.05) is 0 Å². The van der Waals surface area contributed by atoms with Crippen molar-refractivity contribution in [2.45, 2.75) is 23.0 Å². The zero-order valence-electron chi connectivity index (χ0n) is 26.7. The van der Waals surface area contributed by atoms with Crippen LogP contribution < -0.4 is 0 Å². The molecule has 0 N–H and O–H groups in total. The third kappa shape index (κ3) is 6.49. The number of ether oxygens (including phenoxy) is 2. The molecule has 248 valence electrons. The van der Waals surface area contributed by atoms with Gasteiger partial charge in [-0.2, -0.15) is 8.78 Å². The lowest BCUT2D eigenvalue weighted by molar-refractivity contribution is -0.0509. The third-order valence-electron chi connectivity index (χ3n) is 8.58. The van der Waals surface area contributed by atoms with Crippen LogP contribution in [0.4, 0.5) is 8.78 Å². The topological polar surface area (TPSA) is 69.7 Å². The van der Waals surface area contributed by atoms with Gasteiger partial charge in [0.2, 0.25) is 9.84 Å². The summed E-state index contributed by atoms with van der Waals surface area (Å²) in [6.45, 7) is -0.152. The molecule has 0 aliphatic heterocycles. The summed E-state index contributed by atoms with van der Waals surface area (Å²) in [4.78, 5) is 13.5. The molecule has 0 amide bonds. The van der Waals surface area contributed by atoms with E-state index in [-0.39, 0.29) is 16.7 Å². The molecule has 0 radical (unpaired) electrons. The van der Waals surface area contributed by atoms with Crippen LogP contribution in [0.15, 0.2) is 158 Å². The van der Waals surface area contributed by atoms with Crippen LogP contribution in [0.3, 0.4) is 0 Å². The molecule has 0 aromatic heterocycles. The first-order chi connectivity index (χ1) is 23.6. The predicted octanol–water partition coefficient (Wildman–Crippen LogP) is 9.06. The molecule has 0 bridgehead atoms. The largest absolute Gasteiger partial charge is 0.451 e. The van der Waals surface area contributed by atoms with Crippen LogP contribution in [0.2, 0.25) is 0 Å². The van der Waals surface area contributed by atoms with E-state index in [9.17, 15) is 13.2 Å². The van der Waals surface area contributed by atoms with Crippen LogP contribution in [0.1, 0.15) is 44.3 Å². The summed E-state index contributed by atoms with van der Waals surface area (Å²) in [6, 6.07) is 43.8. The molecule has 0 saturated heterocycles. The second-order valence-corrected chi connectivity index (χ2v) is 14.0. The number of carbonyl (C=O) groups excluding carboxylic acids is 1. The van der Waals surface area contributed by atoms with Crippen molar-refractivity contribution in [3.05, 3.63) is 191 Å². The highest BCUT2D eigenvalue weighted by molar-refractivity contribution is 7.93. The zero-order chi connectivity index (χ0) is 34.5. The van der Waals surface area contributed by atoms with Crippen molar-refractivity contribution < 1.29 is 31.5 Å². The number of carbonyl (C=O) groups is 1. The Bertz CT molecular complexity index is 2090. The Labute approximate surface area is 284 Å². The highest BCUT2D eigenvalue weighted by atomic mass is 32.2.